The lowest BCUT2D eigenvalue weighted by Gasteiger charge is -2.12. The predicted molar refractivity (Wildman–Crippen MR) is 64.6 cm³/mol. The predicted octanol–water partition coefficient (Wildman–Crippen LogP) is 1.28. The molecule has 0 aromatic heterocycles. The maximum absolute atomic E-state index is 11.4. The fraction of sp³-hybridized carbons (Fsp3) is 0.500. The van der Waals surface area contributed by atoms with Crippen LogP contribution in [0.3, 0.4) is 0 Å². The van der Waals surface area contributed by atoms with Gasteiger partial charge >= 0.3 is 12.0 Å². The summed E-state index contributed by atoms with van der Waals surface area (Å²) in [5.41, 5.74) is 0. The molecule has 0 aromatic rings. The summed E-state index contributed by atoms with van der Waals surface area (Å²) < 4.78 is 0. The first-order chi connectivity index (χ1) is 8.13. The van der Waals surface area contributed by atoms with Gasteiger partial charge in [0.05, 0.1) is 12.0 Å². The van der Waals surface area contributed by atoms with E-state index in [-0.39, 0.29) is 12.1 Å². The normalized spacial score (nSPS) is 22.9. The molecule has 2 unspecified atom stereocenters. The molecule has 0 heterocycles. The molecule has 1 aliphatic rings. The number of hydrogen-bond acceptors (Lipinski definition) is 2. The van der Waals surface area contributed by atoms with Crippen molar-refractivity contribution in [3.8, 4) is 0 Å². The molecule has 0 radical (unpaired) electrons. The van der Waals surface area contributed by atoms with E-state index in [1.54, 1.807) is 12.2 Å². The van der Waals surface area contributed by atoms with Gasteiger partial charge in [0.2, 0.25) is 0 Å². The van der Waals surface area contributed by atoms with Gasteiger partial charge in [0, 0.05) is 6.54 Å². The first kappa shape index (κ1) is 13.3. The summed E-state index contributed by atoms with van der Waals surface area (Å²) in [6, 6.07) is -0.437. The van der Waals surface area contributed by atoms with E-state index >= 15 is 0 Å². The van der Waals surface area contributed by atoms with Gasteiger partial charge in [0.25, 0.3) is 0 Å². The monoisotopic (exact) mass is 238 g/mol. The minimum absolute atomic E-state index is 0.183. The van der Waals surface area contributed by atoms with Crippen molar-refractivity contribution in [1.82, 2.24) is 10.6 Å². The maximum atomic E-state index is 11.4. The molecule has 0 spiro atoms. The van der Waals surface area contributed by atoms with Crippen molar-refractivity contribution in [2.75, 3.05) is 6.54 Å². The molecule has 0 saturated heterocycles. The van der Waals surface area contributed by atoms with Crippen LogP contribution >= 0.6 is 0 Å². The third-order valence-electron chi connectivity index (χ3n) is 2.55. The van der Waals surface area contributed by atoms with Crippen LogP contribution in [0.4, 0.5) is 4.79 Å². The summed E-state index contributed by atoms with van der Waals surface area (Å²) in [7, 11) is 0. The van der Waals surface area contributed by atoms with Crippen molar-refractivity contribution >= 4 is 12.0 Å². The second-order valence-electron chi connectivity index (χ2n) is 3.93. The van der Waals surface area contributed by atoms with E-state index in [0.29, 0.717) is 13.0 Å². The molecule has 94 valence electrons. The Labute approximate surface area is 101 Å². The van der Waals surface area contributed by atoms with E-state index in [2.05, 4.69) is 10.6 Å². The highest BCUT2D eigenvalue weighted by Crippen LogP contribution is 2.17. The van der Waals surface area contributed by atoms with Gasteiger partial charge in [-0.25, -0.2) is 4.79 Å². The summed E-state index contributed by atoms with van der Waals surface area (Å²) in [6.45, 7) is 2.50. The van der Waals surface area contributed by atoms with Crippen molar-refractivity contribution in [2.24, 2.45) is 5.92 Å². The summed E-state index contributed by atoms with van der Waals surface area (Å²) >= 11 is 0. The van der Waals surface area contributed by atoms with Crippen LogP contribution in [-0.4, -0.2) is 29.7 Å². The Hall–Kier alpha value is -1.78. The standard InChI is InChI=1S/C12H18N2O3/c1-2-3-4-7-13-12(17)14-10-6-5-9(8-10)11(15)16/h2-3,5-6,9-10H,4,7-8H2,1H3,(H,15,16)(H2,13,14,17)/b3-2+. The Morgan fingerprint density at radius 2 is 2.24 bits per heavy atom. The zero-order valence-corrected chi connectivity index (χ0v) is 9.85. The molecule has 3 N–H and O–H groups in total. The summed E-state index contributed by atoms with van der Waals surface area (Å²) in [4.78, 5) is 22.1. The van der Waals surface area contributed by atoms with E-state index in [1.807, 2.05) is 19.1 Å². The van der Waals surface area contributed by atoms with Gasteiger partial charge in [0.1, 0.15) is 0 Å². The van der Waals surface area contributed by atoms with Crippen LogP contribution in [0.5, 0.6) is 0 Å². The third kappa shape index (κ3) is 4.72. The number of nitrogens with one attached hydrogen (secondary N) is 2. The van der Waals surface area contributed by atoms with Crippen LogP contribution in [-0.2, 0) is 4.79 Å². The van der Waals surface area contributed by atoms with Gasteiger partial charge in [-0.2, -0.15) is 0 Å². The molecule has 0 fully saturated rings. The van der Waals surface area contributed by atoms with Crippen molar-refractivity contribution in [2.45, 2.75) is 25.8 Å². The van der Waals surface area contributed by atoms with E-state index in [1.165, 1.54) is 0 Å². The van der Waals surface area contributed by atoms with Gasteiger partial charge in [-0.3, -0.25) is 4.79 Å². The van der Waals surface area contributed by atoms with Crippen LogP contribution in [0.1, 0.15) is 19.8 Å². The highest BCUT2D eigenvalue weighted by atomic mass is 16.4. The second kappa shape index (κ2) is 6.73. The SMILES string of the molecule is C/C=C/CCNC(=O)NC1C=CC(C(=O)O)C1. The van der Waals surface area contributed by atoms with Crippen LogP contribution in [0.15, 0.2) is 24.3 Å². The number of allylic oxidation sites excluding steroid dienone is 1. The molecular formula is C12H18N2O3. The summed E-state index contributed by atoms with van der Waals surface area (Å²) in [5, 5.41) is 14.2. The number of aliphatic carboxylic acids is 1. The molecule has 5 heteroatoms. The molecule has 1 aliphatic carbocycles. The number of rotatable bonds is 5. The Bertz CT molecular complexity index is 337. The molecule has 0 aliphatic heterocycles. The lowest BCUT2D eigenvalue weighted by molar-refractivity contribution is -0.140. The average molecular weight is 238 g/mol. The molecule has 1 rings (SSSR count). The Kier molecular flexibility index (Phi) is 5.26. The zero-order valence-electron chi connectivity index (χ0n) is 9.85. The molecule has 0 bridgehead atoms. The van der Waals surface area contributed by atoms with Gasteiger partial charge in [-0.1, -0.05) is 24.3 Å². The first-order valence-electron chi connectivity index (χ1n) is 5.70. The number of carboxylic acid groups (broad SMARTS) is 1. The smallest absolute Gasteiger partial charge is 0.315 e. The Balaban J connectivity index is 2.20. The van der Waals surface area contributed by atoms with Gasteiger partial charge in [0.15, 0.2) is 0 Å². The first-order valence-corrected chi connectivity index (χ1v) is 5.70. The van der Waals surface area contributed by atoms with Crippen molar-refractivity contribution in [3.63, 3.8) is 0 Å². The maximum Gasteiger partial charge on any atom is 0.315 e. The van der Waals surface area contributed by atoms with Crippen molar-refractivity contribution in [3.05, 3.63) is 24.3 Å². The lowest BCUT2D eigenvalue weighted by atomic mass is 10.1. The van der Waals surface area contributed by atoms with Crippen molar-refractivity contribution < 1.29 is 14.7 Å². The lowest BCUT2D eigenvalue weighted by Crippen LogP contribution is -2.41. The Morgan fingerprint density at radius 1 is 1.47 bits per heavy atom. The molecule has 2 atom stereocenters. The number of carboxylic acids is 1. The number of amides is 2. The quantitative estimate of drug-likeness (QED) is 0.498. The minimum Gasteiger partial charge on any atom is -0.481 e. The average Bonchev–Trinajstić information content (AvgIpc) is 2.73. The molecule has 17 heavy (non-hydrogen) atoms. The summed E-state index contributed by atoms with van der Waals surface area (Å²) in [5.74, 6) is -1.33. The molecule has 5 nitrogen and oxygen atoms in total. The van der Waals surface area contributed by atoms with Crippen LogP contribution < -0.4 is 10.6 Å². The molecule has 2 amide bonds. The van der Waals surface area contributed by atoms with Crippen LogP contribution in [0.2, 0.25) is 0 Å². The second-order valence-corrected chi connectivity index (χ2v) is 3.93. The number of urea groups is 1. The number of carbonyl (C=O) groups excluding carboxylic acids is 1. The molecule has 0 saturated carbocycles. The summed E-state index contributed by atoms with van der Waals surface area (Å²) in [6.07, 6.45) is 8.46. The van der Waals surface area contributed by atoms with Gasteiger partial charge in [-0.15, -0.1) is 0 Å². The molecular weight excluding hydrogens is 220 g/mol. The minimum atomic E-state index is -0.848. The van der Waals surface area contributed by atoms with Gasteiger partial charge in [-0.05, 0) is 19.8 Å². The van der Waals surface area contributed by atoms with Gasteiger partial charge < -0.3 is 15.7 Å². The Morgan fingerprint density at radius 3 is 2.82 bits per heavy atom. The molecule has 0 aromatic carbocycles. The van der Waals surface area contributed by atoms with Crippen molar-refractivity contribution in [1.29, 1.82) is 0 Å². The highest BCUT2D eigenvalue weighted by Gasteiger charge is 2.25. The van der Waals surface area contributed by atoms with Crippen LogP contribution in [0.25, 0.3) is 0 Å². The third-order valence-corrected chi connectivity index (χ3v) is 2.55. The fourth-order valence-corrected chi connectivity index (χ4v) is 1.64. The van der Waals surface area contributed by atoms with E-state index in [0.717, 1.165) is 6.42 Å². The van der Waals surface area contributed by atoms with E-state index < -0.39 is 11.9 Å². The number of hydrogen-bond donors (Lipinski definition) is 3. The highest BCUT2D eigenvalue weighted by molar-refractivity contribution is 5.76. The van der Waals surface area contributed by atoms with Crippen LogP contribution in [0, 0.1) is 5.92 Å². The topological polar surface area (TPSA) is 78.4 Å². The number of carbonyl (C=O) groups is 2. The van der Waals surface area contributed by atoms with E-state index in [9.17, 15) is 9.59 Å². The largest absolute Gasteiger partial charge is 0.481 e. The fourth-order valence-electron chi connectivity index (χ4n) is 1.64. The zero-order chi connectivity index (χ0) is 12.7. The van der Waals surface area contributed by atoms with E-state index in [4.69, 9.17) is 5.11 Å².